The first-order valence-corrected chi connectivity index (χ1v) is 8.06. The Morgan fingerprint density at radius 2 is 1.83 bits per heavy atom. The minimum Gasteiger partial charge on any atom is -0.325 e. The van der Waals surface area contributed by atoms with Crippen LogP contribution in [0.15, 0.2) is 54.6 Å². The summed E-state index contributed by atoms with van der Waals surface area (Å²) < 4.78 is 0. The Morgan fingerprint density at radius 3 is 2.62 bits per heavy atom. The van der Waals surface area contributed by atoms with Gasteiger partial charge in [-0.25, -0.2) is 4.98 Å². The molecule has 1 aromatic heterocycles. The van der Waals surface area contributed by atoms with Crippen molar-refractivity contribution in [2.45, 2.75) is 26.2 Å². The van der Waals surface area contributed by atoms with Crippen LogP contribution < -0.4 is 5.32 Å². The zero-order valence-electron chi connectivity index (χ0n) is 13.6. The van der Waals surface area contributed by atoms with Crippen molar-refractivity contribution in [1.29, 1.82) is 0 Å². The van der Waals surface area contributed by atoms with E-state index in [4.69, 9.17) is 0 Å². The van der Waals surface area contributed by atoms with E-state index in [-0.39, 0.29) is 12.3 Å². The van der Waals surface area contributed by atoms with Gasteiger partial charge in [-0.05, 0) is 23.6 Å². The number of hydrogen-bond acceptors (Lipinski definition) is 3. The van der Waals surface area contributed by atoms with Gasteiger partial charge in [0.25, 0.3) is 0 Å². The summed E-state index contributed by atoms with van der Waals surface area (Å²) in [6.07, 6.45) is 1.70. The zero-order valence-corrected chi connectivity index (χ0v) is 13.6. The average Bonchev–Trinajstić information content (AvgIpc) is 3.03. The number of rotatable bonds is 6. The maximum Gasteiger partial charge on any atom is 0.232 e. The SMILES string of the molecule is CCc1ccccc1NC(=O)Cc1n[nH]c(Cc2ccccc2)n1. The van der Waals surface area contributed by atoms with Crippen LogP contribution in [0.5, 0.6) is 0 Å². The molecule has 0 saturated carbocycles. The van der Waals surface area contributed by atoms with Crippen molar-refractivity contribution in [1.82, 2.24) is 15.2 Å². The molecule has 0 unspecified atom stereocenters. The standard InChI is InChI=1S/C19H20N4O/c1-2-15-10-6-7-11-16(15)20-19(24)13-18-21-17(22-23-18)12-14-8-4-3-5-9-14/h3-11H,2,12-13H2,1H3,(H,20,24)(H,21,22,23). The van der Waals surface area contributed by atoms with Gasteiger partial charge in [-0.1, -0.05) is 55.5 Å². The van der Waals surface area contributed by atoms with Crippen molar-refractivity contribution in [2.24, 2.45) is 0 Å². The van der Waals surface area contributed by atoms with Crippen molar-refractivity contribution < 1.29 is 4.79 Å². The fraction of sp³-hybridized carbons (Fsp3) is 0.211. The number of aromatic nitrogens is 3. The highest BCUT2D eigenvalue weighted by atomic mass is 16.1. The van der Waals surface area contributed by atoms with Crippen LogP contribution in [0, 0.1) is 0 Å². The fourth-order valence-corrected chi connectivity index (χ4v) is 2.57. The second-order valence-electron chi connectivity index (χ2n) is 5.60. The Labute approximate surface area is 141 Å². The Bertz CT molecular complexity index is 811. The summed E-state index contributed by atoms with van der Waals surface area (Å²) in [5, 5.41) is 9.98. The number of nitrogens with zero attached hydrogens (tertiary/aromatic N) is 2. The quantitative estimate of drug-likeness (QED) is 0.733. The molecule has 2 aromatic carbocycles. The molecule has 0 saturated heterocycles. The third kappa shape index (κ3) is 4.07. The number of carbonyl (C=O) groups excluding carboxylic acids is 1. The number of para-hydroxylation sites is 1. The highest BCUT2D eigenvalue weighted by Gasteiger charge is 2.11. The smallest absolute Gasteiger partial charge is 0.232 e. The summed E-state index contributed by atoms with van der Waals surface area (Å²) >= 11 is 0. The molecule has 0 bridgehead atoms. The van der Waals surface area contributed by atoms with Gasteiger partial charge in [0.2, 0.25) is 5.91 Å². The average molecular weight is 320 g/mol. The second-order valence-corrected chi connectivity index (χ2v) is 5.60. The third-order valence-corrected chi connectivity index (χ3v) is 3.78. The Balaban J connectivity index is 1.61. The van der Waals surface area contributed by atoms with Gasteiger partial charge in [0.15, 0.2) is 5.82 Å². The Hall–Kier alpha value is -2.95. The predicted molar refractivity (Wildman–Crippen MR) is 93.8 cm³/mol. The minimum absolute atomic E-state index is 0.110. The van der Waals surface area contributed by atoms with Crippen LogP contribution in [-0.2, 0) is 24.1 Å². The summed E-state index contributed by atoms with van der Waals surface area (Å²) in [7, 11) is 0. The molecule has 0 fully saturated rings. The number of carbonyl (C=O) groups is 1. The van der Waals surface area contributed by atoms with E-state index in [2.05, 4.69) is 27.4 Å². The monoisotopic (exact) mass is 320 g/mol. The number of benzene rings is 2. The lowest BCUT2D eigenvalue weighted by atomic mass is 10.1. The maximum absolute atomic E-state index is 12.2. The van der Waals surface area contributed by atoms with Crippen molar-refractivity contribution >= 4 is 11.6 Å². The number of amides is 1. The molecule has 122 valence electrons. The van der Waals surface area contributed by atoms with Gasteiger partial charge in [-0.2, -0.15) is 5.10 Å². The molecule has 0 radical (unpaired) electrons. The highest BCUT2D eigenvalue weighted by molar-refractivity contribution is 5.92. The molecule has 0 spiro atoms. The Morgan fingerprint density at radius 1 is 1.08 bits per heavy atom. The fourth-order valence-electron chi connectivity index (χ4n) is 2.57. The first kappa shape index (κ1) is 15.9. The summed E-state index contributed by atoms with van der Waals surface area (Å²) in [6.45, 7) is 2.07. The molecule has 1 amide bonds. The van der Waals surface area contributed by atoms with Crippen LogP contribution in [0.3, 0.4) is 0 Å². The molecule has 24 heavy (non-hydrogen) atoms. The van der Waals surface area contributed by atoms with E-state index in [1.807, 2.05) is 54.6 Å². The largest absolute Gasteiger partial charge is 0.325 e. The number of aromatic amines is 1. The number of H-pyrrole nitrogens is 1. The van der Waals surface area contributed by atoms with E-state index >= 15 is 0 Å². The summed E-state index contributed by atoms with van der Waals surface area (Å²) in [5.74, 6) is 1.16. The van der Waals surface area contributed by atoms with E-state index in [9.17, 15) is 4.79 Å². The number of anilines is 1. The lowest BCUT2D eigenvalue weighted by Crippen LogP contribution is -2.16. The van der Waals surface area contributed by atoms with Crippen LogP contribution in [-0.4, -0.2) is 21.1 Å². The van der Waals surface area contributed by atoms with Gasteiger partial charge < -0.3 is 5.32 Å². The van der Waals surface area contributed by atoms with Crippen LogP contribution in [0.4, 0.5) is 5.69 Å². The van der Waals surface area contributed by atoms with Gasteiger partial charge in [0.05, 0.1) is 6.42 Å². The first-order valence-electron chi connectivity index (χ1n) is 8.06. The van der Waals surface area contributed by atoms with E-state index in [0.29, 0.717) is 12.2 Å². The first-order chi connectivity index (χ1) is 11.7. The Kier molecular flexibility index (Phi) is 5.01. The molecule has 0 aliphatic heterocycles. The van der Waals surface area contributed by atoms with Crippen LogP contribution >= 0.6 is 0 Å². The predicted octanol–water partition coefficient (Wildman–Crippen LogP) is 3.14. The summed E-state index contributed by atoms with van der Waals surface area (Å²) in [6, 6.07) is 17.9. The zero-order chi connectivity index (χ0) is 16.8. The molecular formula is C19H20N4O. The molecule has 0 aliphatic rings. The lowest BCUT2D eigenvalue weighted by Gasteiger charge is -2.08. The van der Waals surface area contributed by atoms with E-state index in [0.717, 1.165) is 29.1 Å². The minimum atomic E-state index is -0.110. The van der Waals surface area contributed by atoms with Crippen molar-refractivity contribution in [3.8, 4) is 0 Å². The van der Waals surface area contributed by atoms with Gasteiger partial charge in [0.1, 0.15) is 5.82 Å². The molecule has 2 N–H and O–H groups in total. The van der Waals surface area contributed by atoms with E-state index in [1.54, 1.807) is 0 Å². The molecule has 5 nitrogen and oxygen atoms in total. The normalized spacial score (nSPS) is 10.5. The van der Waals surface area contributed by atoms with Crippen LogP contribution in [0.25, 0.3) is 0 Å². The molecule has 0 aliphatic carbocycles. The molecule has 3 aromatic rings. The molecule has 5 heteroatoms. The molecule has 0 atom stereocenters. The third-order valence-electron chi connectivity index (χ3n) is 3.78. The van der Waals surface area contributed by atoms with Gasteiger partial charge in [0, 0.05) is 12.1 Å². The van der Waals surface area contributed by atoms with Gasteiger partial charge in [-0.3, -0.25) is 9.89 Å². The van der Waals surface area contributed by atoms with Crippen LogP contribution in [0.2, 0.25) is 0 Å². The van der Waals surface area contributed by atoms with E-state index in [1.165, 1.54) is 0 Å². The number of hydrogen-bond donors (Lipinski definition) is 2. The topological polar surface area (TPSA) is 70.7 Å². The van der Waals surface area contributed by atoms with Gasteiger partial charge >= 0.3 is 0 Å². The lowest BCUT2D eigenvalue weighted by molar-refractivity contribution is -0.115. The van der Waals surface area contributed by atoms with Crippen LogP contribution in [0.1, 0.15) is 29.7 Å². The molecular weight excluding hydrogens is 300 g/mol. The summed E-state index contributed by atoms with van der Waals surface area (Å²) in [5.41, 5.74) is 3.12. The maximum atomic E-state index is 12.2. The second kappa shape index (κ2) is 7.55. The van der Waals surface area contributed by atoms with Gasteiger partial charge in [-0.15, -0.1) is 0 Å². The van der Waals surface area contributed by atoms with Crippen molar-refractivity contribution in [2.75, 3.05) is 5.32 Å². The summed E-state index contributed by atoms with van der Waals surface area (Å²) in [4.78, 5) is 16.6. The molecule has 1 heterocycles. The highest BCUT2D eigenvalue weighted by Crippen LogP contribution is 2.15. The number of nitrogens with one attached hydrogen (secondary N) is 2. The number of aryl methyl sites for hydroxylation is 1. The van der Waals surface area contributed by atoms with E-state index < -0.39 is 0 Å². The van der Waals surface area contributed by atoms with Crippen molar-refractivity contribution in [3.05, 3.63) is 77.4 Å². The van der Waals surface area contributed by atoms with Crippen molar-refractivity contribution in [3.63, 3.8) is 0 Å². The molecule has 3 rings (SSSR count).